The van der Waals surface area contributed by atoms with Gasteiger partial charge in [0.15, 0.2) is 0 Å². The summed E-state index contributed by atoms with van der Waals surface area (Å²) in [5.41, 5.74) is 11.9. The van der Waals surface area contributed by atoms with E-state index in [9.17, 15) is 4.79 Å². The highest BCUT2D eigenvalue weighted by molar-refractivity contribution is 7.10. The first kappa shape index (κ1) is 14.1. The quantitative estimate of drug-likeness (QED) is 0.806. The van der Waals surface area contributed by atoms with E-state index in [2.05, 4.69) is 16.7 Å². The largest absolute Gasteiger partial charge is 0.368 e. The number of piperidine rings is 1. The number of amides is 1. The van der Waals surface area contributed by atoms with E-state index in [1.54, 1.807) is 11.3 Å². The Bertz CT molecular complexity index is 500. The zero-order valence-corrected chi connectivity index (χ0v) is 11.7. The number of likely N-dealkylation sites (tertiary alicyclic amines) is 1. The van der Waals surface area contributed by atoms with Crippen LogP contribution < -0.4 is 11.5 Å². The molecule has 0 aromatic carbocycles. The van der Waals surface area contributed by atoms with E-state index in [1.807, 2.05) is 11.4 Å². The average Bonchev–Trinajstić information content (AvgIpc) is 2.84. The minimum Gasteiger partial charge on any atom is -0.368 e. The fourth-order valence-corrected chi connectivity index (χ4v) is 3.26. The van der Waals surface area contributed by atoms with E-state index < -0.39 is 0 Å². The Morgan fingerprint density at radius 2 is 2.37 bits per heavy atom. The predicted octanol–water partition coefficient (Wildman–Crippen LogP) is 0.898. The van der Waals surface area contributed by atoms with Crippen molar-refractivity contribution in [3.05, 3.63) is 21.9 Å². The maximum Gasteiger partial charge on any atom is 0.234 e. The number of primary amides is 1. The average molecular weight is 277 g/mol. The zero-order chi connectivity index (χ0) is 13.7. The normalized spacial score (nSPS) is 19.7. The molecule has 4 N–H and O–H groups in total. The molecule has 1 aliphatic heterocycles. The lowest BCUT2D eigenvalue weighted by molar-refractivity contribution is -0.124. The molecule has 4 nitrogen and oxygen atoms in total. The van der Waals surface area contributed by atoms with E-state index in [0.29, 0.717) is 6.54 Å². The summed E-state index contributed by atoms with van der Waals surface area (Å²) in [7, 11) is 0. The van der Waals surface area contributed by atoms with Crippen molar-refractivity contribution in [3.8, 4) is 11.8 Å². The number of nitrogens with two attached hydrogens (primary N) is 2. The summed E-state index contributed by atoms with van der Waals surface area (Å²) < 4.78 is 0. The second kappa shape index (κ2) is 6.71. The molecule has 0 radical (unpaired) electrons. The van der Waals surface area contributed by atoms with Crippen molar-refractivity contribution >= 4 is 17.2 Å². The molecule has 1 unspecified atom stereocenters. The van der Waals surface area contributed by atoms with Crippen LogP contribution in [-0.2, 0) is 11.3 Å². The standard InChI is InChI=1S/C14H19N3OS/c15-7-3-4-11-6-9-19-13(11)10-17-8-2-1-5-12(17)14(16)18/h6,9,12H,1-2,5,7-8,10,15H2,(H2,16,18). The lowest BCUT2D eigenvalue weighted by Gasteiger charge is -2.33. The van der Waals surface area contributed by atoms with Crippen molar-refractivity contribution in [3.63, 3.8) is 0 Å². The maximum absolute atomic E-state index is 11.5. The van der Waals surface area contributed by atoms with E-state index in [-0.39, 0.29) is 11.9 Å². The summed E-state index contributed by atoms with van der Waals surface area (Å²) in [4.78, 5) is 14.9. The number of hydrogen-bond donors (Lipinski definition) is 2. The summed E-state index contributed by atoms with van der Waals surface area (Å²) in [6.45, 7) is 2.04. The van der Waals surface area contributed by atoms with E-state index in [0.717, 1.165) is 37.9 Å². The monoisotopic (exact) mass is 277 g/mol. The molecule has 0 aliphatic carbocycles. The fourth-order valence-electron chi connectivity index (χ4n) is 2.41. The molecule has 1 aliphatic rings. The van der Waals surface area contributed by atoms with Crippen LogP contribution in [-0.4, -0.2) is 29.9 Å². The molecule has 1 aromatic rings. The van der Waals surface area contributed by atoms with Crippen molar-refractivity contribution in [1.82, 2.24) is 4.90 Å². The van der Waals surface area contributed by atoms with Gasteiger partial charge in [0, 0.05) is 17.0 Å². The Hall–Kier alpha value is -1.35. The lowest BCUT2D eigenvalue weighted by atomic mass is 10.0. The smallest absolute Gasteiger partial charge is 0.234 e. The van der Waals surface area contributed by atoms with Gasteiger partial charge in [0.2, 0.25) is 5.91 Å². The SMILES string of the molecule is NCC#Cc1ccsc1CN1CCCCC1C(N)=O. The summed E-state index contributed by atoms with van der Waals surface area (Å²) in [6.07, 6.45) is 3.07. The zero-order valence-electron chi connectivity index (χ0n) is 10.9. The van der Waals surface area contributed by atoms with Crippen LogP contribution in [0.15, 0.2) is 11.4 Å². The van der Waals surface area contributed by atoms with Gasteiger partial charge in [-0.3, -0.25) is 9.69 Å². The number of nitrogens with zero attached hydrogens (tertiary/aromatic N) is 1. The van der Waals surface area contributed by atoms with Crippen LogP contribution in [0.4, 0.5) is 0 Å². The Balaban J connectivity index is 2.11. The molecule has 5 heteroatoms. The molecule has 2 heterocycles. The van der Waals surface area contributed by atoms with E-state index in [1.165, 1.54) is 4.88 Å². The van der Waals surface area contributed by atoms with E-state index in [4.69, 9.17) is 11.5 Å². The third kappa shape index (κ3) is 3.57. The van der Waals surface area contributed by atoms with Gasteiger partial charge in [-0.2, -0.15) is 0 Å². The molecule has 0 spiro atoms. The summed E-state index contributed by atoms with van der Waals surface area (Å²) >= 11 is 1.67. The Morgan fingerprint density at radius 1 is 1.53 bits per heavy atom. The Kier molecular flexibility index (Phi) is 4.97. The number of carbonyl (C=O) groups excluding carboxylic acids is 1. The minimum absolute atomic E-state index is 0.133. The Labute approximate surface area is 117 Å². The van der Waals surface area contributed by atoms with Gasteiger partial charge in [-0.25, -0.2) is 0 Å². The second-order valence-corrected chi connectivity index (χ2v) is 5.65. The highest BCUT2D eigenvalue weighted by Gasteiger charge is 2.27. The molecule has 0 bridgehead atoms. The maximum atomic E-state index is 11.5. The van der Waals surface area contributed by atoms with E-state index >= 15 is 0 Å². The summed E-state index contributed by atoms with van der Waals surface area (Å²) in [5, 5.41) is 2.03. The predicted molar refractivity (Wildman–Crippen MR) is 77.5 cm³/mol. The van der Waals surface area contributed by atoms with Crippen LogP contribution in [0.2, 0.25) is 0 Å². The van der Waals surface area contributed by atoms with Crippen molar-refractivity contribution < 1.29 is 4.79 Å². The minimum atomic E-state index is -0.217. The summed E-state index contributed by atoms with van der Waals surface area (Å²) in [5.74, 6) is 5.74. The van der Waals surface area contributed by atoms with Crippen molar-refractivity contribution in [2.75, 3.05) is 13.1 Å². The third-order valence-electron chi connectivity index (χ3n) is 3.36. The van der Waals surface area contributed by atoms with Gasteiger partial charge in [0.05, 0.1) is 12.6 Å². The highest BCUT2D eigenvalue weighted by atomic mass is 32.1. The topological polar surface area (TPSA) is 72.3 Å². The number of rotatable bonds is 3. The molecule has 0 saturated carbocycles. The molecule has 1 atom stereocenters. The molecular weight excluding hydrogens is 258 g/mol. The molecule has 102 valence electrons. The van der Waals surface area contributed by atoms with Crippen LogP contribution in [0.1, 0.15) is 29.7 Å². The summed E-state index contributed by atoms with van der Waals surface area (Å²) in [6, 6.07) is 1.87. The molecule has 1 fully saturated rings. The molecule has 1 saturated heterocycles. The molecule has 2 rings (SSSR count). The van der Waals surface area contributed by atoms with Crippen molar-refractivity contribution in [2.24, 2.45) is 11.5 Å². The van der Waals surface area contributed by atoms with Gasteiger partial charge in [-0.15, -0.1) is 11.3 Å². The van der Waals surface area contributed by atoms with Crippen LogP contribution in [0, 0.1) is 11.8 Å². The van der Waals surface area contributed by atoms with Crippen LogP contribution in [0.3, 0.4) is 0 Å². The van der Waals surface area contributed by atoms with Gasteiger partial charge < -0.3 is 11.5 Å². The van der Waals surface area contributed by atoms with Crippen molar-refractivity contribution in [1.29, 1.82) is 0 Å². The molecular formula is C14H19N3OS. The fraction of sp³-hybridized carbons (Fsp3) is 0.500. The molecule has 1 aromatic heterocycles. The van der Waals surface area contributed by atoms with Gasteiger partial charge in [0.1, 0.15) is 0 Å². The third-order valence-corrected chi connectivity index (χ3v) is 4.27. The Morgan fingerprint density at radius 3 is 3.11 bits per heavy atom. The van der Waals surface area contributed by atoms with Crippen LogP contribution >= 0.6 is 11.3 Å². The van der Waals surface area contributed by atoms with Gasteiger partial charge in [-0.1, -0.05) is 18.3 Å². The number of carbonyl (C=O) groups is 1. The first-order valence-electron chi connectivity index (χ1n) is 6.51. The van der Waals surface area contributed by atoms with Gasteiger partial charge in [0.25, 0.3) is 0 Å². The second-order valence-electron chi connectivity index (χ2n) is 4.65. The lowest BCUT2D eigenvalue weighted by Crippen LogP contribution is -2.47. The van der Waals surface area contributed by atoms with Crippen molar-refractivity contribution in [2.45, 2.75) is 31.8 Å². The molecule has 19 heavy (non-hydrogen) atoms. The van der Waals surface area contributed by atoms with Gasteiger partial charge in [-0.05, 0) is 30.8 Å². The number of hydrogen-bond acceptors (Lipinski definition) is 4. The van der Waals surface area contributed by atoms with Crippen LogP contribution in [0.5, 0.6) is 0 Å². The van der Waals surface area contributed by atoms with Crippen LogP contribution in [0.25, 0.3) is 0 Å². The van der Waals surface area contributed by atoms with Gasteiger partial charge >= 0.3 is 0 Å². The highest BCUT2D eigenvalue weighted by Crippen LogP contribution is 2.23. The number of thiophene rings is 1. The molecule has 1 amide bonds. The first-order valence-corrected chi connectivity index (χ1v) is 7.39. The first-order chi connectivity index (χ1) is 9.22.